The second-order valence-corrected chi connectivity index (χ2v) is 2.52. The van der Waals surface area contributed by atoms with Gasteiger partial charge in [-0.15, -0.1) is 0 Å². The van der Waals surface area contributed by atoms with Gasteiger partial charge in [-0.3, -0.25) is 0 Å². The van der Waals surface area contributed by atoms with Gasteiger partial charge in [-0.1, -0.05) is 6.92 Å². The molecule has 0 aromatic heterocycles. The molecule has 0 amide bonds. The maximum absolute atomic E-state index is 8.71. The fourth-order valence-corrected chi connectivity index (χ4v) is 0.565. The summed E-state index contributed by atoms with van der Waals surface area (Å²) in [6.45, 7) is 0.968. The third kappa shape index (κ3) is 1.48. The van der Waals surface area contributed by atoms with Crippen molar-refractivity contribution in [1.82, 2.24) is 0 Å². The first kappa shape index (κ1) is 2.70. The molecular formula is C7H14O. The van der Waals surface area contributed by atoms with Gasteiger partial charge in [0.05, 0.1) is 0 Å². The van der Waals surface area contributed by atoms with Crippen LogP contribution in [-0.4, -0.2) is 11.7 Å². The van der Waals surface area contributed by atoms with E-state index in [9.17, 15) is 0 Å². The van der Waals surface area contributed by atoms with Gasteiger partial charge in [-0.2, -0.15) is 0 Å². The van der Waals surface area contributed by atoms with Crippen molar-refractivity contribution in [3.05, 3.63) is 0 Å². The van der Waals surface area contributed by atoms with Crippen molar-refractivity contribution in [3.63, 3.8) is 0 Å². The minimum absolute atomic E-state index is 0.570. The molecule has 0 radical (unpaired) electrons. The molecule has 1 rings (SSSR count). The van der Waals surface area contributed by atoms with Crippen molar-refractivity contribution >= 4 is 0 Å². The van der Waals surface area contributed by atoms with E-state index in [-0.39, 0.29) is 0 Å². The predicted molar refractivity (Wildman–Crippen MR) is 33.7 cm³/mol. The summed E-state index contributed by atoms with van der Waals surface area (Å²) < 4.78 is 29.8. The minimum Gasteiger partial charge on any atom is -0.396 e. The molecule has 1 nitrogen and oxygen atoms in total. The maximum atomic E-state index is 8.71. The average molecular weight is 118 g/mol. The molecule has 0 aromatic rings. The Balaban J connectivity index is 2.84. The lowest BCUT2D eigenvalue weighted by Gasteiger charge is -2.03. The maximum Gasteiger partial charge on any atom is 0.0431 e. The van der Waals surface area contributed by atoms with Crippen LogP contribution >= 0.6 is 0 Å². The summed E-state index contributed by atoms with van der Waals surface area (Å²) in [6, 6.07) is 0. The van der Waals surface area contributed by atoms with Crippen molar-refractivity contribution in [2.24, 2.45) is 5.41 Å². The standard InChI is InChI=1S/C7H14O/c1-7(4-5-7)3-2-6-8/h8H,2-6H2,1H3/i2D2,3D2. The summed E-state index contributed by atoms with van der Waals surface area (Å²) in [5, 5.41) is 8.71. The highest BCUT2D eigenvalue weighted by Gasteiger charge is 2.35. The van der Waals surface area contributed by atoms with Crippen LogP contribution < -0.4 is 0 Å². The zero-order chi connectivity index (χ0) is 9.62. The molecule has 8 heavy (non-hydrogen) atoms. The van der Waals surface area contributed by atoms with Crippen LogP contribution in [0.4, 0.5) is 0 Å². The summed E-state index contributed by atoms with van der Waals surface area (Å²) in [5.74, 6) is 0. The smallest absolute Gasteiger partial charge is 0.0431 e. The molecule has 1 heteroatoms. The second kappa shape index (κ2) is 2.06. The molecule has 1 saturated carbocycles. The van der Waals surface area contributed by atoms with Crippen molar-refractivity contribution in [2.75, 3.05) is 6.61 Å². The Morgan fingerprint density at radius 2 is 2.38 bits per heavy atom. The molecule has 0 spiro atoms. The van der Waals surface area contributed by atoms with Gasteiger partial charge in [0.15, 0.2) is 0 Å². The first-order chi connectivity index (χ1) is 5.27. The number of hydrogen-bond donors (Lipinski definition) is 1. The average Bonchev–Trinajstić information content (AvgIpc) is 2.69. The third-order valence-electron chi connectivity index (χ3n) is 1.47. The predicted octanol–water partition coefficient (Wildman–Crippen LogP) is 1.56. The van der Waals surface area contributed by atoms with Crippen LogP contribution in [0.25, 0.3) is 0 Å². The zero-order valence-corrected chi connectivity index (χ0v) is 5.07. The Bertz CT molecular complexity index is 186. The van der Waals surface area contributed by atoms with Gasteiger partial charge in [-0.25, -0.2) is 0 Å². The molecule has 0 saturated heterocycles. The van der Waals surface area contributed by atoms with E-state index in [2.05, 4.69) is 0 Å². The van der Waals surface area contributed by atoms with E-state index in [4.69, 9.17) is 10.6 Å². The first-order valence-electron chi connectivity index (χ1n) is 4.88. The number of hydrogen-bond acceptors (Lipinski definition) is 1. The summed E-state index contributed by atoms with van der Waals surface area (Å²) in [4.78, 5) is 0. The van der Waals surface area contributed by atoms with Crippen molar-refractivity contribution < 1.29 is 10.6 Å². The topological polar surface area (TPSA) is 20.2 Å². The monoisotopic (exact) mass is 118 g/mol. The Kier molecular flexibility index (Phi) is 0.694. The molecular weight excluding hydrogens is 100 g/mol. The van der Waals surface area contributed by atoms with E-state index in [0.29, 0.717) is 12.8 Å². The van der Waals surface area contributed by atoms with E-state index < -0.39 is 24.8 Å². The molecule has 1 aliphatic rings. The molecule has 0 aromatic carbocycles. The third-order valence-corrected chi connectivity index (χ3v) is 1.47. The number of aliphatic hydroxyl groups excluding tert-OH is 1. The van der Waals surface area contributed by atoms with Gasteiger partial charge in [0, 0.05) is 12.1 Å². The van der Waals surface area contributed by atoms with Crippen LogP contribution in [0.15, 0.2) is 0 Å². The summed E-state index contributed by atoms with van der Waals surface area (Å²) >= 11 is 0. The van der Waals surface area contributed by atoms with E-state index in [1.54, 1.807) is 6.92 Å². The zero-order valence-electron chi connectivity index (χ0n) is 9.07. The van der Waals surface area contributed by atoms with Crippen LogP contribution in [0.5, 0.6) is 0 Å². The molecule has 0 bridgehead atoms. The second-order valence-electron chi connectivity index (χ2n) is 2.52. The summed E-state index contributed by atoms with van der Waals surface area (Å²) in [6.07, 6.45) is -2.63. The molecule has 0 unspecified atom stereocenters. The van der Waals surface area contributed by atoms with Crippen LogP contribution in [0.1, 0.15) is 38.0 Å². The summed E-state index contributed by atoms with van der Waals surface area (Å²) in [5.41, 5.74) is -0.570. The fraction of sp³-hybridized carbons (Fsp3) is 1.00. The van der Waals surface area contributed by atoms with Crippen LogP contribution in [-0.2, 0) is 0 Å². The molecule has 1 fully saturated rings. The number of aliphatic hydroxyl groups is 1. The van der Waals surface area contributed by atoms with Crippen molar-refractivity contribution in [2.45, 2.75) is 32.5 Å². The SMILES string of the molecule is [2H]C([2H])(CO)C([2H])([2H])C1(C)CC1. The van der Waals surface area contributed by atoms with Gasteiger partial charge in [-0.05, 0) is 31.0 Å². The van der Waals surface area contributed by atoms with Crippen molar-refractivity contribution in [1.29, 1.82) is 0 Å². The molecule has 48 valence electrons. The highest BCUT2D eigenvalue weighted by Crippen LogP contribution is 2.48. The van der Waals surface area contributed by atoms with Gasteiger partial charge >= 0.3 is 0 Å². The number of rotatable bonds is 3. The van der Waals surface area contributed by atoms with Gasteiger partial charge in [0.2, 0.25) is 0 Å². The Labute approximate surface area is 56.3 Å². The van der Waals surface area contributed by atoms with E-state index >= 15 is 0 Å². The molecule has 1 N–H and O–H groups in total. The largest absolute Gasteiger partial charge is 0.396 e. The lowest BCUT2D eigenvalue weighted by atomic mass is 10.0. The van der Waals surface area contributed by atoms with Crippen LogP contribution in [0.2, 0.25) is 0 Å². The lowest BCUT2D eigenvalue weighted by molar-refractivity contribution is 0.270. The molecule has 1 aliphatic carbocycles. The van der Waals surface area contributed by atoms with Crippen LogP contribution in [0, 0.1) is 5.41 Å². The molecule has 0 atom stereocenters. The Morgan fingerprint density at radius 3 is 2.75 bits per heavy atom. The lowest BCUT2D eigenvalue weighted by Crippen LogP contribution is -1.93. The Morgan fingerprint density at radius 1 is 1.75 bits per heavy atom. The van der Waals surface area contributed by atoms with E-state index in [1.165, 1.54) is 0 Å². The van der Waals surface area contributed by atoms with Gasteiger partial charge in [0.1, 0.15) is 0 Å². The van der Waals surface area contributed by atoms with E-state index in [1.807, 2.05) is 0 Å². The quantitative estimate of drug-likeness (QED) is 0.596. The van der Waals surface area contributed by atoms with Gasteiger partial charge in [0.25, 0.3) is 0 Å². The first-order valence-corrected chi connectivity index (χ1v) is 2.88. The highest BCUT2D eigenvalue weighted by molar-refractivity contribution is 4.87. The minimum atomic E-state index is -2.13. The summed E-state index contributed by atoms with van der Waals surface area (Å²) in [7, 11) is 0. The molecule has 0 heterocycles. The Hall–Kier alpha value is -0.0400. The van der Waals surface area contributed by atoms with E-state index in [0.717, 1.165) is 0 Å². The van der Waals surface area contributed by atoms with Crippen LogP contribution in [0.3, 0.4) is 0 Å². The fourth-order valence-electron chi connectivity index (χ4n) is 0.565. The van der Waals surface area contributed by atoms with Gasteiger partial charge < -0.3 is 5.11 Å². The van der Waals surface area contributed by atoms with Crippen molar-refractivity contribution in [3.8, 4) is 0 Å². The normalized spacial score (nSPS) is 34.2. The highest BCUT2D eigenvalue weighted by atomic mass is 16.2. The molecule has 0 aliphatic heterocycles.